The molecule has 0 heterocycles. The number of rotatable bonds is 20. The van der Waals surface area contributed by atoms with Gasteiger partial charge in [0, 0.05) is 13.0 Å². The summed E-state index contributed by atoms with van der Waals surface area (Å²) in [6, 6.07) is 0. The van der Waals surface area contributed by atoms with Crippen molar-refractivity contribution in [2.75, 3.05) is 20.2 Å². The summed E-state index contributed by atoms with van der Waals surface area (Å²) >= 11 is 0. The molecule has 0 aliphatic heterocycles. The van der Waals surface area contributed by atoms with Crippen molar-refractivity contribution in [2.45, 2.75) is 124 Å². The zero-order chi connectivity index (χ0) is 21.7. The number of unbranched alkanes of at least 4 members (excludes halogenated alkanes) is 15. The standard InChI is InChI=1S/C25H49NO3/c1-5-6-7-8-9-10-11-12-13-14-15-16-17-18-19-20-21-29-24(27)22-26(4)25(28)23(2)3/h23H,5-22H2,1-4H3. The van der Waals surface area contributed by atoms with Gasteiger partial charge in [0.2, 0.25) is 5.91 Å². The molecule has 0 aliphatic carbocycles. The third kappa shape index (κ3) is 18.7. The summed E-state index contributed by atoms with van der Waals surface area (Å²) in [5, 5.41) is 0. The molecule has 0 aromatic heterocycles. The van der Waals surface area contributed by atoms with Crippen molar-refractivity contribution in [2.24, 2.45) is 5.92 Å². The lowest BCUT2D eigenvalue weighted by Crippen LogP contribution is -2.35. The summed E-state index contributed by atoms with van der Waals surface area (Å²) in [7, 11) is 1.65. The first-order valence-corrected chi connectivity index (χ1v) is 12.4. The molecule has 0 aromatic carbocycles. The monoisotopic (exact) mass is 411 g/mol. The lowest BCUT2D eigenvalue weighted by molar-refractivity contribution is -0.149. The molecule has 0 N–H and O–H groups in total. The molecule has 172 valence electrons. The molecule has 4 heteroatoms. The number of hydrogen-bond donors (Lipinski definition) is 0. The van der Waals surface area contributed by atoms with Crippen molar-refractivity contribution in [1.29, 1.82) is 0 Å². The first-order chi connectivity index (χ1) is 14.0. The SMILES string of the molecule is CCCCCCCCCCCCCCCCCCOC(=O)CN(C)C(=O)C(C)C. The Kier molecular flexibility index (Phi) is 19.5. The molecule has 29 heavy (non-hydrogen) atoms. The number of carbonyl (C=O) groups is 2. The fraction of sp³-hybridized carbons (Fsp3) is 0.920. The van der Waals surface area contributed by atoms with Crippen LogP contribution in [0.4, 0.5) is 0 Å². The first-order valence-electron chi connectivity index (χ1n) is 12.4. The van der Waals surface area contributed by atoms with E-state index in [1.807, 2.05) is 13.8 Å². The number of hydrogen-bond acceptors (Lipinski definition) is 3. The Balaban J connectivity index is 3.27. The highest BCUT2D eigenvalue weighted by atomic mass is 16.5. The molecule has 0 rings (SSSR count). The zero-order valence-corrected chi connectivity index (χ0v) is 20.0. The number of likely N-dealkylation sites (N-methyl/N-ethyl adjacent to an activating group) is 1. The lowest BCUT2D eigenvalue weighted by Gasteiger charge is -2.18. The Bertz CT molecular complexity index is 396. The maximum absolute atomic E-state index is 11.7. The van der Waals surface area contributed by atoms with Gasteiger partial charge < -0.3 is 9.64 Å². The molecule has 0 fully saturated rings. The molecular weight excluding hydrogens is 362 g/mol. The van der Waals surface area contributed by atoms with E-state index in [-0.39, 0.29) is 24.3 Å². The summed E-state index contributed by atoms with van der Waals surface area (Å²) in [6.45, 7) is 6.47. The smallest absolute Gasteiger partial charge is 0.325 e. The Morgan fingerprint density at radius 2 is 1.07 bits per heavy atom. The van der Waals surface area contributed by atoms with Crippen LogP contribution in [0.25, 0.3) is 0 Å². The normalized spacial score (nSPS) is 11.1. The molecule has 4 nitrogen and oxygen atoms in total. The van der Waals surface area contributed by atoms with Crippen LogP contribution in [0.15, 0.2) is 0 Å². The molecule has 0 bridgehead atoms. The van der Waals surface area contributed by atoms with Crippen LogP contribution in [0.1, 0.15) is 124 Å². The second kappa shape index (κ2) is 20.2. The van der Waals surface area contributed by atoms with Gasteiger partial charge in [0.15, 0.2) is 0 Å². The number of esters is 1. The highest BCUT2D eigenvalue weighted by molar-refractivity contribution is 5.82. The molecule has 0 spiro atoms. The van der Waals surface area contributed by atoms with Crippen molar-refractivity contribution in [1.82, 2.24) is 4.90 Å². The van der Waals surface area contributed by atoms with Crippen molar-refractivity contribution in [3.63, 3.8) is 0 Å². The number of ether oxygens (including phenoxy) is 1. The maximum Gasteiger partial charge on any atom is 0.325 e. The van der Waals surface area contributed by atoms with Crippen LogP contribution in [0, 0.1) is 5.92 Å². The largest absolute Gasteiger partial charge is 0.464 e. The van der Waals surface area contributed by atoms with Crippen LogP contribution in [-0.4, -0.2) is 37.0 Å². The van der Waals surface area contributed by atoms with Crippen LogP contribution in [0.2, 0.25) is 0 Å². The third-order valence-corrected chi connectivity index (χ3v) is 5.50. The fourth-order valence-electron chi connectivity index (χ4n) is 3.59. The molecule has 0 atom stereocenters. The highest BCUT2D eigenvalue weighted by Crippen LogP contribution is 2.13. The van der Waals surface area contributed by atoms with Crippen molar-refractivity contribution < 1.29 is 14.3 Å². The van der Waals surface area contributed by atoms with E-state index >= 15 is 0 Å². The zero-order valence-electron chi connectivity index (χ0n) is 20.0. The Morgan fingerprint density at radius 1 is 0.690 bits per heavy atom. The average molecular weight is 412 g/mol. The second-order valence-corrected chi connectivity index (χ2v) is 8.87. The molecule has 1 amide bonds. The molecule has 0 aromatic rings. The van der Waals surface area contributed by atoms with E-state index in [2.05, 4.69) is 6.92 Å². The first kappa shape index (κ1) is 27.9. The van der Waals surface area contributed by atoms with Crippen LogP contribution >= 0.6 is 0 Å². The van der Waals surface area contributed by atoms with Crippen LogP contribution in [-0.2, 0) is 14.3 Å². The average Bonchev–Trinajstić information content (AvgIpc) is 2.69. The van der Waals surface area contributed by atoms with Crippen LogP contribution in [0.3, 0.4) is 0 Å². The predicted octanol–water partition coefficient (Wildman–Crippen LogP) is 6.91. The lowest BCUT2D eigenvalue weighted by atomic mass is 10.0. The van der Waals surface area contributed by atoms with Gasteiger partial charge in [-0.25, -0.2) is 0 Å². The summed E-state index contributed by atoms with van der Waals surface area (Å²) in [5.74, 6) is -0.417. The minimum atomic E-state index is -0.303. The molecule has 0 saturated carbocycles. The Morgan fingerprint density at radius 3 is 1.45 bits per heavy atom. The number of carbonyl (C=O) groups excluding carboxylic acids is 2. The van der Waals surface area contributed by atoms with E-state index in [0.717, 1.165) is 12.8 Å². The van der Waals surface area contributed by atoms with E-state index in [9.17, 15) is 9.59 Å². The van der Waals surface area contributed by atoms with Crippen molar-refractivity contribution in [3.05, 3.63) is 0 Å². The van der Waals surface area contributed by atoms with E-state index in [1.54, 1.807) is 7.05 Å². The van der Waals surface area contributed by atoms with E-state index in [1.165, 1.54) is 94.8 Å². The Hall–Kier alpha value is -1.06. The van der Waals surface area contributed by atoms with Gasteiger partial charge >= 0.3 is 5.97 Å². The number of nitrogens with zero attached hydrogens (tertiary/aromatic N) is 1. The predicted molar refractivity (Wildman–Crippen MR) is 123 cm³/mol. The quantitative estimate of drug-likeness (QED) is 0.162. The fourth-order valence-corrected chi connectivity index (χ4v) is 3.59. The van der Waals surface area contributed by atoms with Gasteiger partial charge in [0.05, 0.1) is 6.61 Å². The van der Waals surface area contributed by atoms with E-state index in [4.69, 9.17) is 4.74 Å². The molecular formula is C25H49NO3. The molecule has 0 aliphatic rings. The van der Waals surface area contributed by atoms with Gasteiger partial charge in [-0.15, -0.1) is 0 Å². The van der Waals surface area contributed by atoms with Gasteiger partial charge in [-0.2, -0.15) is 0 Å². The molecule has 0 unspecified atom stereocenters. The maximum atomic E-state index is 11.7. The molecule has 0 radical (unpaired) electrons. The summed E-state index contributed by atoms with van der Waals surface area (Å²) < 4.78 is 5.23. The number of amides is 1. The van der Waals surface area contributed by atoms with E-state index < -0.39 is 0 Å². The van der Waals surface area contributed by atoms with Gasteiger partial charge in [-0.05, 0) is 6.42 Å². The highest BCUT2D eigenvalue weighted by Gasteiger charge is 2.16. The van der Waals surface area contributed by atoms with Crippen molar-refractivity contribution >= 4 is 11.9 Å². The van der Waals surface area contributed by atoms with Crippen LogP contribution < -0.4 is 0 Å². The van der Waals surface area contributed by atoms with Gasteiger partial charge in [-0.3, -0.25) is 9.59 Å². The summed E-state index contributed by atoms with van der Waals surface area (Å²) in [6.07, 6.45) is 21.3. The Labute approximate surface area is 181 Å². The summed E-state index contributed by atoms with van der Waals surface area (Å²) in [4.78, 5) is 24.9. The van der Waals surface area contributed by atoms with E-state index in [0.29, 0.717) is 6.61 Å². The summed E-state index contributed by atoms with van der Waals surface area (Å²) in [5.41, 5.74) is 0. The van der Waals surface area contributed by atoms with Crippen LogP contribution in [0.5, 0.6) is 0 Å². The third-order valence-electron chi connectivity index (χ3n) is 5.50. The minimum Gasteiger partial charge on any atom is -0.464 e. The van der Waals surface area contributed by atoms with Gasteiger partial charge in [-0.1, -0.05) is 117 Å². The minimum absolute atomic E-state index is 0.0237. The topological polar surface area (TPSA) is 46.6 Å². The second-order valence-electron chi connectivity index (χ2n) is 8.87. The van der Waals surface area contributed by atoms with Crippen molar-refractivity contribution in [3.8, 4) is 0 Å². The molecule has 0 saturated heterocycles. The van der Waals surface area contributed by atoms with Gasteiger partial charge in [0.25, 0.3) is 0 Å². The van der Waals surface area contributed by atoms with Gasteiger partial charge in [0.1, 0.15) is 6.54 Å².